The van der Waals surface area contributed by atoms with E-state index in [0.29, 0.717) is 17.3 Å². The summed E-state index contributed by atoms with van der Waals surface area (Å²) in [5.74, 6) is 1.30. The highest BCUT2D eigenvalue weighted by Crippen LogP contribution is 2.49. The maximum atomic E-state index is 13.5. The molecule has 4 heteroatoms. The third kappa shape index (κ3) is 6.00. The van der Waals surface area contributed by atoms with Crippen LogP contribution in [0.15, 0.2) is 24.3 Å². The van der Waals surface area contributed by atoms with E-state index in [9.17, 15) is 4.79 Å². The van der Waals surface area contributed by atoms with Crippen molar-refractivity contribution in [3.05, 3.63) is 46.6 Å². The Morgan fingerprint density at radius 3 is 2.35 bits per heavy atom. The fourth-order valence-electron chi connectivity index (χ4n) is 6.29. The summed E-state index contributed by atoms with van der Waals surface area (Å²) >= 11 is 0. The van der Waals surface area contributed by atoms with Gasteiger partial charge in [-0.1, -0.05) is 53.0 Å². The molecule has 37 heavy (non-hydrogen) atoms. The molecule has 5 rings (SSSR count). The van der Waals surface area contributed by atoms with Gasteiger partial charge in [0.05, 0.1) is 5.56 Å². The average Bonchev–Trinajstić information content (AvgIpc) is 3.57. The lowest BCUT2D eigenvalue weighted by atomic mass is 9.82. The molecule has 202 valence electrons. The molecule has 3 aliphatic rings. The highest BCUT2D eigenvalue weighted by molar-refractivity contribution is 5.97. The smallest absolute Gasteiger partial charge is 0.253 e. The molecule has 2 saturated carbocycles. The van der Waals surface area contributed by atoms with Crippen LogP contribution in [-0.2, 0) is 22.1 Å². The molecule has 3 fully saturated rings. The molecule has 1 aliphatic heterocycles. The van der Waals surface area contributed by atoms with Gasteiger partial charge in [0.2, 0.25) is 0 Å². The number of carbonyl (C=O) groups excluding carboxylic acids is 1. The van der Waals surface area contributed by atoms with E-state index >= 15 is 0 Å². The van der Waals surface area contributed by atoms with Crippen LogP contribution in [-0.4, -0.2) is 30.2 Å². The summed E-state index contributed by atoms with van der Waals surface area (Å²) in [5.41, 5.74) is 7.69. The highest BCUT2D eigenvalue weighted by atomic mass is 16.5. The summed E-state index contributed by atoms with van der Waals surface area (Å²) in [5, 5.41) is 3.28. The zero-order chi connectivity index (χ0) is 26.2. The van der Waals surface area contributed by atoms with Crippen LogP contribution >= 0.6 is 0 Å². The first-order valence-corrected chi connectivity index (χ1v) is 14.9. The van der Waals surface area contributed by atoms with Gasteiger partial charge in [-0.2, -0.15) is 0 Å². The van der Waals surface area contributed by atoms with E-state index in [-0.39, 0.29) is 11.3 Å². The molecular weight excluding hydrogens is 456 g/mol. The van der Waals surface area contributed by atoms with Crippen LogP contribution in [0.2, 0.25) is 0 Å². The van der Waals surface area contributed by atoms with Gasteiger partial charge >= 0.3 is 0 Å². The number of carbonyl (C=O) groups is 1. The van der Waals surface area contributed by atoms with E-state index in [1.54, 1.807) is 0 Å². The van der Waals surface area contributed by atoms with E-state index < -0.39 is 0 Å². The van der Waals surface area contributed by atoms with Crippen LogP contribution in [0.4, 0.5) is 0 Å². The van der Waals surface area contributed by atoms with Gasteiger partial charge in [-0.3, -0.25) is 4.79 Å². The second kappa shape index (κ2) is 10.6. The molecule has 0 atom stereocenters. The van der Waals surface area contributed by atoms with Crippen molar-refractivity contribution in [3.63, 3.8) is 0 Å². The van der Waals surface area contributed by atoms with Crippen LogP contribution in [0.1, 0.15) is 113 Å². The minimum atomic E-state index is 0.0778. The molecule has 2 aromatic rings. The number of benzene rings is 1. The minimum absolute atomic E-state index is 0.0778. The number of aromatic nitrogens is 1. The van der Waals surface area contributed by atoms with Crippen LogP contribution in [0.5, 0.6) is 0 Å². The Labute approximate surface area is 224 Å². The van der Waals surface area contributed by atoms with Gasteiger partial charge in [-0.05, 0) is 103 Å². The molecule has 0 spiro atoms. The molecule has 1 aromatic heterocycles. The fraction of sp³-hybridized carbons (Fsp3) is 0.667. The van der Waals surface area contributed by atoms with Crippen LogP contribution in [0.3, 0.4) is 0 Å². The maximum absolute atomic E-state index is 13.5. The normalized spacial score (nSPS) is 20.7. The van der Waals surface area contributed by atoms with Crippen LogP contribution < -0.4 is 5.32 Å². The van der Waals surface area contributed by atoms with Gasteiger partial charge in [0.1, 0.15) is 0 Å². The average molecular weight is 505 g/mol. The van der Waals surface area contributed by atoms with E-state index in [2.05, 4.69) is 68.8 Å². The molecule has 1 saturated heterocycles. The minimum Gasteiger partial charge on any atom is -0.381 e. The van der Waals surface area contributed by atoms with Gasteiger partial charge in [-0.25, -0.2) is 0 Å². The summed E-state index contributed by atoms with van der Waals surface area (Å²) < 4.78 is 7.99. The third-order valence-electron chi connectivity index (χ3n) is 9.46. The van der Waals surface area contributed by atoms with Gasteiger partial charge in [0, 0.05) is 37.7 Å². The van der Waals surface area contributed by atoms with E-state index in [0.717, 1.165) is 50.4 Å². The molecule has 4 nitrogen and oxygen atoms in total. The molecule has 1 amide bonds. The van der Waals surface area contributed by atoms with Crippen molar-refractivity contribution in [2.24, 2.45) is 11.8 Å². The summed E-state index contributed by atoms with van der Waals surface area (Å²) in [6.45, 7) is 14.9. The van der Waals surface area contributed by atoms with Crippen LogP contribution in [0.25, 0.3) is 11.3 Å². The number of hydrogen-bond donors (Lipinski definition) is 1. The van der Waals surface area contributed by atoms with Crippen molar-refractivity contribution in [3.8, 4) is 11.3 Å². The molecule has 2 heterocycles. The van der Waals surface area contributed by atoms with Crippen molar-refractivity contribution in [2.75, 3.05) is 19.8 Å². The standard InChI is InChI=1S/C33H48N2O2/c1-23-29(31(36)34-21-24-11-15-37-16-12-24)20-30(35(23)22-25-9-7-6-8-10-25)26-17-27(32(2,3)4)19-28(18-26)33(5)13-14-33/h17-20,24-25H,6-16,21-22H2,1-5H3,(H,34,36). The van der Waals surface area contributed by atoms with Crippen molar-refractivity contribution >= 4 is 5.91 Å². The Morgan fingerprint density at radius 2 is 1.70 bits per heavy atom. The van der Waals surface area contributed by atoms with Gasteiger partial charge in [0.25, 0.3) is 5.91 Å². The van der Waals surface area contributed by atoms with Crippen molar-refractivity contribution < 1.29 is 9.53 Å². The van der Waals surface area contributed by atoms with Crippen LogP contribution in [0, 0.1) is 18.8 Å². The first-order chi connectivity index (χ1) is 17.6. The Bertz CT molecular complexity index is 1080. The number of amides is 1. The molecule has 0 bridgehead atoms. The summed E-state index contributed by atoms with van der Waals surface area (Å²) in [4.78, 5) is 13.5. The van der Waals surface area contributed by atoms with E-state index in [4.69, 9.17) is 4.74 Å². The lowest BCUT2D eigenvalue weighted by Crippen LogP contribution is -2.32. The Hall–Kier alpha value is -2.07. The van der Waals surface area contributed by atoms with Crippen molar-refractivity contribution in [1.82, 2.24) is 9.88 Å². The summed E-state index contributed by atoms with van der Waals surface area (Å²) in [6, 6.07) is 9.46. The number of rotatable bonds is 7. The summed E-state index contributed by atoms with van der Waals surface area (Å²) in [7, 11) is 0. The SMILES string of the molecule is Cc1c(C(=O)NCC2CCOCC2)cc(-c2cc(C(C)(C)C)cc(C3(C)CC3)c2)n1CC1CCCCC1. The number of hydrogen-bond acceptors (Lipinski definition) is 2. The molecular formula is C33H48N2O2. The van der Waals surface area contributed by atoms with E-state index in [1.165, 1.54) is 67.3 Å². The monoisotopic (exact) mass is 504 g/mol. The number of nitrogens with one attached hydrogen (secondary N) is 1. The Morgan fingerprint density at radius 1 is 1.00 bits per heavy atom. The molecule has 0 unspecified atom stereocenters. The molecule has 2 aliphatic carbocycles. The number of nitrogens with zero attached hydrogens (tertiary/aromatic N) is 1. The first-order valence-electron chi connectivity index (χ1n) is 14.9. The second-order valence-corrected chi connectivity index (χ2v) is 13.5. The number of ether oxygens (including phenoxy) is 1. The fourth-order valence-corrected chi connectivity index (χ4v) is 6.29. The Kier molecular flexibility index (Phi) is 7.60. The third-order valence-corrected chi connectivity index (χ3v) is 9.46. The predicted octanol–water partition coefficient (Wildman–Crippen LogP) is 7.55. The molecule has 1 aromatic carbocycles. The lowest BCUT2D eigenvalue weighted by molar-refractivity contribution is 0.0642. The Balaban J connectivity index is 1.51. The first kappa shape index (κ1) is 26.5. The lowest BCUT2D eigenvalue weighted by Gasteiger charge is -2.26. The predicted molar refractivity (Wildman–Crippen MR) is 152 cm³/mol. The zero-order valence-corrected chi connectivity index (χ0v) is 23.9. The highest BCUT2D eigenvalue weighted by Gasteiger charge is 2.40. The maximum Gasteiger partial charge on any atom is 0.253 e. The second-order valence-electron chi connectivity index (χ2n) is 13.5. The molecule has 1 N–H and O–H groups in total. The van der Waals surface area contributed by atoms with Gasteiger partial charge in [-0.15, -0.1) is 0 Å². The van der Waals surface area contributed by atoms with Gasteiger partial charge in [0.15, 0.2) is 0 Å². The largest absolute Gasteiger partial charge is 0.381 e. The summed E-state index contributed by atoms with van der Waals surface area (Å²) in [6.07, 6.45) is 11.2. The quantitative estimate of drug-likeness (QED) is 0.423. The van der Waals surface area contributed by atoms with Crippen molar-refractivity contribution in [1.29, 1.82) is 0 Å². The molecule has 0 radical (unpaired) electrons. The van der Waals surface area contributed by atoms with E-state index in [1.807, 2.05) is 0 Å². The van der Waals surface area contributed by atoms with Crippen molar-refractivity contribution in [2.45, 2.75) is 110 Å². The van der Waals surface area contributed by atoms with Gasteiger partial charge < -0.3 is 14.6 Å². The topological polar surface area (TPSA) is 43.3 Å². The zero-order valence-electron chi connectivity index (χ0n) is 23.9.